The number of rotatable bonds is 6. The van der Waals surface area contributed by atoms with E-state index in [1.165, 1.54) is 5.56 Å². The first-order chi connectivity index (χ1) is 10.2. The Morgan fingerprint density at radius 2 is 2.33 bits per heavy atom. The Hall–Kier alpha value is -1.17. The molecule has 0 aliphatic carbocycles. The molecular weight excluding hydrogens is 266 g/mol. The summed E-state index contributed by atoms with van der Waals surface area (Å²) in [7, 11) is 0. The fraction of sp³-hybridized carbons (Fsp3) is 0.688. The molecule has 0 amide bonds. The fourth-order valence-corrected chi connectivity index (χ4v) is 2.80. The predicted molar refractivity (Wildman–Crippen MR) is 84.6 cm³/mol. The standard InChI is InChI=1S/C16H27N3O2/c1-4-7-17-13(3)15-6-5-8-18-16(15)19-9-12(2)21-14(10-19)11-20/h5-6,8,12-14,17,20H,4,7,9-11H2,1-3H3. The second-order valence-corrected chi connectivity index (χ2v) is 5.75. The Morgan fingerprint density at radius 3 is 3.05 bits per heavy atom. The minimum absolute atomic E-state index is 0.0483. The lowest BCUT2D eigenvalue weighted by molar-refractivity contribution is -0.0423. The first-order valence-electron chi connectivity index (χ1n) is 7.85. The summed E-state index contributed by atoms with van der Waals surface area (Å²) in [6.45, 7) is 8.91. The van der Waals surface area contributed by atoms with Crippen LogP contribution in [0.25, 0.3) is 0 Å². The van der Waals surface area contributed by atoms with Crippen LogP contribution in [0.1, 0.15) is 38.8 Å². The average Bonchev–Trinajstić information content (AvgIpc) is 2.51. The van der Waals surface area contributed by atoms with E-state index in [1.54, 1.807) is 0 Å². The Morgan fingerprint density at radius 1 is 1.52 bits per heavy atom. The fourth-order valence-electron chi connectivity index (χ4n) is 2.80. The molecule has 0 spiro atoms. The van der Waals surface area contributed by atoms with Gasteiger partial charge in [-0.1, -0.05) is 13.0 Å². The molecule has 1 aliphatic heterocycles. The third kappa shape index (κ3) is 4.15. The SMILES string of the molecule is CCCNC(C)c1cccnc1N1CC(C)OC(CO)C1. The first-order valence-corrected chi connectivity index (χ1v) is 7.85. The molecule has 0 saturated carbocycles. The summed E-state index contributed by atoms with van der Waals surface area (Å²) >= 11 is 0. The van der Waals surface area contributed by atoms with Crippen LogP contribution in [0, 0.1) is 0 Å². The van der Waals surface area contributed by atoms with E-state index in [0.717, 1.165) is 25.3 Å². The van der Waals surface area contributed by atoms with Crippen molar-refractivity contribution in [3.63, 3.8) is 0 Å². The van der Waals surface area contributed by atoms with Gasteiger partial charge in [-0.25, -0.2) is 4.98 Å². The molecule has 1 fully saturated rings. The molecule has 21 heavy (non-hydrogen) atoms. The smallest absolute Gasteiger partial charge is 0.133 e. The largest absolute Gasteiger partial charge is 0.394 e. The van der Waals surface area contributed by atoms with Gasteiger partial charge in [-0.3, -0.25) is 0 Å². The van der Waals surface area contributed by atoms with E-state index >= 15 is 0 Å². The maximum absolute atomic E-state index is 9.38. The van der Waals surface area contributed by atoms with Gasteiger partial charge in [-0.05, 0) is 32.9 Å². The number of hydrogen-bond acceptors (Lipinski definition) is 5. The molecule has 5 heteroatoms. The van der Waals surface area contributed by atoms with Crippen LogP contribution in [-0.4, -0.2) is 48.5 Å². The lowest BCUT2D eigenvalue weighted by Gasteiger charge is -2.38. The molecule has 3 unspecified atom stereocenters. The molecule has 1 aliphatic rings. The van der Waals surface area contributed by atoms with Crippen molar-refractivity contribution in [2.24, 2.45) is 0 Å². The van der Waals surface area contributed by atoms with Crippen LogP contribution in [-0.2, 0) is 4.74 Å². The highest BCUT2D eigenvalue weighted by atomic mass is 16.5. The third-order valence-electron chi connectivity index (χ3n) is 3.81. The second kappa shape index (κ2) is 7.73. The Bertz CT molecular complexity index is 441. The zero-order valence-electron chi connectivity index (χ0n) is 13.2. The molecule has 3 atom stereocenters. The second-order valence-electron chi connectivity index (χ2n) is 5.75. The van der Waals surface area contributed by atoms with Crippen LogP contribution < -0.4 is 10.2 Å². The molecule has 0 bridgehead atoms. The molecule has 2 heterocycles. The number of aliphatic hydroxyl groups is 1. The lowest BCUT2D eigenvalue weighted by Crippen LogP contribution is -2.48. The van der Waals surface area contributed by atoms with Crippen LogP contribution in [0.15, 0.2) is 18.3 Å². The van der Waals surface area contributed by atoms with Crippen molar-refractivity contribution >= 4 is 5.82 Å². The number of hydrogen-bond donors (Lipinski definition) is 2. The van der Waals surface area contributed by atoms with E-state index in [-0.39, 0.29) is 24.9 Å². The maximum Gasteiger partial charge on any atom is 0.133 e. The molecule has 118 valence electrons. The molecule has 1 aromatic heterocycles. The van der Waals surface area contributed by atoms with Gasteiger partial charge in [0.05, 0.1) is 18.8 Å². The van der Waals surface area contributed by atoms with Crippen LogP contribution in [0.2, 0.25) is 0 Å². The van der Waals surface area contributed by atoms with Crippen molar-refractivity contribution < 1.29 is 9.84 Å². The normalized spacial score (nSPS) is 24.1. The van der Waals surface area contributed by atoms with Crippen LogP contribution in [0.5, 0.6) is 0 Å². The van der Waals surface area contributed by atoms with Gasteiger partial charge in [-0.15, -0.1) is 0 Å². The number of aromatic nitrogens is 1. The molecule has 0 radical (unpaired) electrons. The molecule has 2 N–H and O–H groups in total. The van der Waals surface area contributed by atoms with Crippen LogP contribution >= 0.6 is 0 Å². The van der Waals surface area contributed by atoms with Gasteiger partial charge in [0, 0.05) is 30.9 Å². The molecule has 2 rings (SSSR count). The van der Waals surface area contributed by atoms with Gasteiger partial charge in [-0.2, -0.15) is 0 Å². The van der Waals surface area contributed by atoms with Gasteiger partial charge in [0.1, 0.15) is 5.82 Å². The summed E-state index contributed by atoms with van der Waals surface area (Å²) in [4.78, 5) is 6.81. The van der Waals surface area contributed by atoms with E-state index in [0.29, 0.717) is 6.54 Å². The highest BCUT2D eigenvalue weighted by Crippen LogP contribution is 2.26. The van der Waals surface area contributed by atoms with Crippen molar-refractivity contribution in [2.45, 2.75) is 45.4 Å². The van der Waals surface area contributed by atoms with Gasteiger partial charge in [0.25, 0.3) is 0 Å². The van der Waals surface area contributed by atoms with Gasteiger partial charge in [0.15, 0.2) is 0 Å². The number of anilines is 1. The molecule has 1 aromatic rings. The highest BCUT2D eigenvalue weighted by Gasteiger charge is 2.27. The van der Waals surface area contributed by atoms with Gasteiger partial charge >= 0.3 is 0 Å². The summed E-state index contributed by atoms with van der Waals surface area (Å²) in [6.07, 6.45) is 2.91. The molecule has 5 nitrogen and oxygen atoms in total. The van der Waals surface area contributed by atoms with Crippen molar-refractivity contribution in [1.82, 2.24) is 10.3 Å². The summed E-state index contributed by atoms with van der Waals surface area (Å²) in [5.74, 6) is 1.00. The number of morpholine rings is 1. The number of aliphatic hydroxyl groups excluding tert-OH is 1. The topological polar surface area (TPSA) is 57.6 Å². The van der Waals surface area contributed by atoms with E-state index in [4.69, 9.17) is 4.74 Å². The average molecular weight is 293 g/mol. The van der Waals surface area contributed by atoms with Crippen LogP contribution in [0.3, 0.4) is 0 Å². The molecular formula is C16H27N3O2. The minimum Gasteiger partial charge on any atom is -0.394 e. The lowest BCUT2D eigenvalue weighted by atomic mass is 10.1. The van der Waals surface area contributed by atoms with Crippen molar-refractivity contribution in [3.8, 4) is 0 Å². The third-order valence-corrected chi connectivity index (χ3v) is 3.81. The Labute approximate surface area is 127 Å². The molecule has 1 saturated heterocycles. The zero-order valence-corrected chi connectivity index (χ0v) is 13.2. The minimum atomic E-state index is -0.137. The van der Waals surface area contributed by atoms with Crippen molar-refractivity contribution in [3.05, 3.63) is 23.9 Å². The van der Waals surface area contributed by atoms with E-state index in [2.05, 4.69) is 35.1 Å². The number of nitrogens with zero attached hydrogens (tertiary/aromatic N) is 2. The first kappa shape index (κ1) is 16.2. The summed E-state index contributed by atoms with van der Waals surface area (Å²) < 4.78 is 5.72. The molecule has 0 aromatic carbocycles. The number of pyridine rings is 1. The predicted octanol–water partition coefficient (Wildman–Crippen LogP) is 1.73. The van der Waals surface area contributed by atoms with Gasteiger partial charge in [0.2, 0.25) is 0 Å². The monoisotopic (exact) mass is 293 g/mol. The highest BCUT2D eigenvalue weighted by molar-refractivity contribution is 5.49. The number of nitrogens with one attached hydrogen (secondary N) is 1. The van der Waals surface area contributed by atoms with E-state index in [1.807, 2.05) is 19.2 Å². The number of ether oxygens (including phenoxy) is 1. The van der Waals surface area contributed by atoms with E-state index in [9.17, 15) is 5.11 Å². The van der Waals surface area contributed by atoms with Crippen molar-refractivity contribution in [1.29, 1.82) is 0 Å². The van der Waals surface area contributed by atoms with Crippen molar-refractivity contribution in [2.75, 3.05) is 31.1 Å². The quantitative estimate of drug-likeness (QED) is 0.836. The Balaban J connectivity index is 2.18. The summed E-state index contributed by atoms with van der Waals surface area (Å²) in [5, 5.41) is 12.9. The maximum atomic E-state index is 9.38. The summed E-state index contributed by atoms with van der Waals surface area (Å²) in [5.41, 5.74) is 1.21. The summed E-state index contributed by atoms with van der Waals surface area (Å²) in [6, 6.07) is 4.37. The Kier molecular flexibility index (Phi) is 5.96. The van der Waals surface area contributed by atoms with Gasteiger partial charge < -0.3 is 20.1 Å². The van der Waals surface area contributed by atoms with Crippen LogP contribution in [0.4, 0.5) is 5.82 Å². The zero-order chi connectivity index (χ0) is 15.2. The van der Waals surface area contributed by atoms with E-state index < -0.39 is 0 Å².